The van der Waals surface area contributed by atoms with Crippen molar-refractivity contribution >= 4 is 28.6 Å². The van der Waals surface area contributed by atoms with E-state index in [4.69, 9.17) is 11.5 Å². The summed E-state index contributed by atoms with van der Waals surface area (Å²) >= 11 is 0. The number of nitrogens with two attached hydrogens (primary N) is 2. The van der Waals surface area contributed by atoms with Gasteiger partial charge in [-0.05, 0) is 31.0 Å². The van der Waals surface area contributed by atoms with Crippen LogP contribution in [0.4, 0.5) is 17.5 Å². The third-order valence-electron chi connectivity index (χ3n) is 3.89. The van der Waals surface area contributed by atoms with Crippen LogP contribution in [0.2, 0.25) is 0 Å². The summed E-state index contributed by atoms with van der Waals surface area (Å²) in [6.45, 7) is 5.09. The molecule has 0 aliphatic rings. The molecule has 0 saturated heterocycles. The Morgan fingerprint density at radius 2 is 2.04 bits per heavy atom. The number of aryl methyl sites for hydroxylation is 2. The lowest BCUT2D eigenvalue weighted by Gasteiger charge is -2.12. The number of rotatable bonds is 6. The minimum Gasteiger partial charge on any atom is -0.398 e. The van der Waals surface area contributed by atoms with Gasteiger partial charge in [0, 0.05) is 31.9 Å². The van der Waals surface area contributed by atoms with Gasteiger partial charge < -0.3 is 26.7 Å². The summed E-state index contributed by atoms with van der Waals surface area (Å²) in [5, 5.41) is 6.49. The number of benzene rings is 1. The fourth-order valence-corrected chi connectivity index (χ4v) is 2.52. The molecule has 0 aliphatic heterocycles. The molecule has 132 valence electrons. The second kappa shape index (κ2) is 6.94. The van der Waals surface area contributed by atoms with Crippen LogP contribution in [0.5, 0.6) is 0 Å². The highest BCUT2D eigenvalue weighted by molar-refractivity contribution is 5.84. The predicted molar refractivity (Wildman–Crippen MR) is 101 cm³/mol. The molecule has 3 aromatic rings. The van der Waals surface area contributed by atoms with E-state index in [-0.39, 0.29) is 6.04 Å². The van der Waals surface area contributed by atoms with Gasteiger partial charge in [-0.1, -0.05) is 12.1 Å². The van der Waals surface area contributed by atoms with Crippen LogP contribution in [0.25, 0.3) is 11.2 Å². The molecule has 1 unspecified atom stereocenters. The summed E-state index contributed by atoms with van der Waals surface area (Å²) in [6, 6.07) is 6.03. The Kier molecular flexibility index (Phi) is 4.71. The zero-order valence-corrected chi connectivity index (χ0v) is 14.7. The summed E-state index contributed by atoms with van der Waals surface area (Å²) in [5.74, 6) is 1.19. The summed E-state index contributed by atoms with van der Waals surface area (Å²) in [5.41, 5.74) is 16.3. The molecule has 25 heavy (non-hydrogen) atoms. The SMILES string of the molecule is Cc1ccc(CNc2nc(NCC(C)N)nc3c2ncn3C)c(N)c1. The molecule has 2 heterocycles. The summed E-state index contributed by atoms with van der Waals surface area (Å²) in [6.07, 6.45) is 1.72. The molecule has 8 heteroatoms. The number of anilines is 3. The van der Waals surface area contributed by atoms with Crippen LogP contribution in [0.15, 0.2) is 24.5 Å². The number of aromatic nitrogens is 4. The van der Waals surface area contributed by atoms with E-state index in [1.54, 1.807) is 6.33 Å². The first-order valence-electron chi connectivity index (χ1n) is 8.21. The number of nitrogen functional groups attached to an aromatic ring is 1. The van der Waals surface area contributed by atoms with Crippen molar-refractivity contribution in [3.63, 3.8) is 0 Å². The van der Waals surface area contributed by atoms with E-state index >= 15 is 0 Å². The van der Waals surface area contributed by atoms with Gasteiger partial charge in [-0.3, -0.25) is 0 Å². The van der Waals surface area contributed by atoms with Gasteiger partial charge in [0.25, 0.3) is 0 Å². The van der Waals surface area contributed by atoms with Crippen LogP contribution in [0.3, 0.4) is 0 Å². The maximum atomic E-state index is 6.09. The van der Waals surface area contributed by atoms with E-state index in [0.29, 0.717) is 24.9 Å². The lowest BCUT2D eigenvalue weighted by atomic mass is 10.1. The van der Waals surface area contributed by atoms with Crippen LogP contribution < -0.4 is 22.1 Å². The first-order valence-corrected chi connectivity index (χ1v) is 8.21. The number of imidazole rings is 1. The largest absolute Gasteiger partial charge is 0.398 e. The second-order valence-corrected chi connectivity index (χ2v) is 6.34. The Morgan fingerprint density at radius 1 is 1.24 bits per heavy atom. The summed E-state index contributed by atoms with van der Waals surface area (Å²) in [7, 11) is 1.90. The normalized spacial score (nSPS) is 12.3. The highest BCUT2D eigenvalue weighted by atomic mass is 15.2. The monoisotopic (exact) mass is 340 g/mol. The third kappa shape index (κ3) is 3.80. The van der Waals surface area contributed by atoms with Crippen LogP contribution in [0.1, 0.15) is 18.1 Å². The molecule has 8 nitrogen and oxygen atoms in total. The molecule has 0 saturated carbocycles. The lowest BCUT2D eigenvalue weighted by molar-refractivity contribution is 0.773. The van der Waals surface area contributed by atoms with Crippen molar-refractivity contribution in [2.45, 2.75) is 26.4 Å². The molecule has 0 bridgehead atoms. The predicted octanol–water partition coefficient (Wildman–Crippen LogP) is 1.63. The van der Waals surface area contributed by atoms with Gasteiger partial charge in [0.1, 0.15) is 0 Å². The maximum absolute atomic E-state index is 6.09. The number of fused-ring (bicyclic) bond motifs is 1. The molecular formula is C17H24N8. The molecule has 3 rings (SSSR count). The first kappa shape index (κ1) is 17.0. The quantitative estimate of drug-likeness (QED) is 0.503. The van der Waals surface area contributed by atoms with Crippen molar-refractivity contribution in [3.8, 4) is 0 Å². The minimum atomic E-state index is 0.00889. The van der Waals surface area contributed by atoms with Crippen molar-refractivity contribution in [2.24, 2.45) is 12.8 Å². The molecule has 0 fully saturated rings. The van der Waals surface area contributed by atoms with Crippen LogP contribution in [-0.4, -0.2) is 32.1 Å². The Balaban J connectivity index is 1.88. The molecule has 0 aliphatic carbocycles. The number of nitrogens with zero attached hydrogens (tertiary/aromatic N) is 4. The van der Waals surface area contributed by atoms with E-state index in [1.807, 2.05) is 43.7 Å². The van der Waals surface area contributed by atoms with Gasteiger partial charge in [-0.2, -0.15) is 9.97 Å². The average Bonchev–Trinajstić information content (AvgIpc) is 2.93. The van der Waals surface area contributed by atoms with Crippen LogP contribution in [0, 0.1) is 6.92 Å². The first-order chi connectivity index (χ1) is 11.9. The average molecular weight is 340 g/mol. The van der Waals surface area contributed by atoms with Gasteiger partial charge in [0.15, 0.2) is 17.0 Å². The van der Waals surface area contributed by atoms with Crippen molar-refractivity contribution in [3.05, 3.63) is 35.7 Å². The van der Waals surface area contributed by atoms with Gasteiger partial charge in [-0.25, -0.2) is 4.98 Å². The standard InChI is InChI=1S/C17H24N8/c1-10-4-5-12(13(19)6-10)8-20-15-14-16(25(3)9-22-14)24-17(23-15)21-7-11(2)18/h4-6,9,11H,7-8,18-19H2,1-3H3,(H2,20,21,23,24). The van der Waals surface area contributed by atoms with Crippen molar-refractivity contribution < 1.29 is 0 Å². The van der Waals surface area contributed by atoms with E-state index < -0.39 is 0 Å². The van der Waals surface area contributed by atoms with Crippen LogP contribution in [-0.2, 0) is 13.6 Å². The fraction of sp³-hybridized carbons (Fsp3) is 0.353. The topological polar surface area (TPSA) is 120 Å². The van der Waals surface area contributed by atoms with Crippen molar-refractivity contribution in [1.82, 2.24) is 19.5 Å². The molecule has 0 radical (unpaired) electrons. The Labute approximate surface area is 146 Å². The van der Waals surface area contributed by atoms with Crippen LogP contribution >= 0.6 is 0 Å². The molecule has 0 spiro atoms. The number of nitrogens with one attached hydrogen (secondary N) is 2. The molecule has 1 aromatic carbocycles. The molecule has 2 aromatic heterocycles. The molecular weight excluding hydrogens is 316 g/mol. The fourth-order valence-electron chi connectivity index (χ4n) is 2.52. The van der Waals surface area contributed by atoms with Crippen molar-refractivity contribution in [1.29, 1.82) is 0 Å². The van der Waals surface area contributed by atoms with E-state index in [9.17, 15) is 0 Å². The van der Waals surface area contributed by atoms with E-state index in [2.05, 4.69) is 25.6 Å². The van der Waals surface area contributed by atoms with E-state index in [0.717, 1.165) is 28.0 Å². The highest BCUT2D eigenvalue weighted by Gasteiger charge is 2.12. The third-order valence-corrected chi connectivity index (χ3v) is 3.89. The Morgan fingerprint density at radius 3 is 2.76 bits per heavy atom. The zero-order chi connectivity index (χ0) is 18.0. The Bertz CT molecular complexity index is 884. The Hall–Kier alpha value is -2.87. The second-order valence-electron chi connectivity index (χ2n) is 6.34. The van der Waals surface area contributed by atoms with Gasteiger partial charge >= 0.3 is 0 Å². The zero-order valence-electron chi connectivity index (χ0n) is 14.7. The lowest BCUT2D eigenvalue weighted by Crippen LogP contribution is -2.26. The minimum absolute atomic E-state index is 0.00889. The molecule has 0 amide bonds. The van der Waals surface area contributed by atoms with Gasteiger partial charge in [0.2, 0.25) is 5.95 Å². The summed E-state index contributed by atoms with van der Waals surface area (Å²) in [4.78, 5) is 13.4. The van der Waals surface area contributed by atoms with Crippen molar-refractivity contribution in [2.75, 3.05) is 22.9 Å². The maximum Gasteiger partial charge on any atom is 0.226 e. The van der Waals surface area contributed by atoms with Gasteiger partial charge in [0.05, 0.1) is 6.33 Å². The number of hydrogen-bond donors (Lipinski definition) is 4. The number of hydrogen-bond acceptors (Lipinski definition) is 7. The van der Waals surface area contributed by atoms with Gasteiger partial charge in [-0.15, -0.1) is 0 Å². The smallest absolute Gasteiger partial charge is 0.226 e. The summed E-state index contributed by atoms with van der Waals surface area (Å²) < 4.78 is 1.86. The van der Waals surface area contributed by atoms with E-state index in [1.165, 1.54) is 0 Å². The highest BCUT2D eigenvalue weighted by Crippen LogP contribution is 2.22. The molecule has 1 atom stereocenters. The molecule has 6 N–H and O–H groups in total.